The second kappa shape index (κ2) is 18.0. The second-order valence-corrected chi connectivity index (χ2v) is 20.6. The minimum absolute atomic E-state index is 0.495. The molecule has 66 heavy (non-hydrogen) atoms. The lowest BCUT2D eigenvalue weighted by atomic mass is 9.90. The highest BCUT2D eigenvalue weighted by Crippen LogP contribution is 2.51. The first kappa shape index (κ1) is 43.3. The summed E-state index contributed by atoms with van der Waals surface area (Å²) >= 11 is 0. The van der Waals surface area contributed by atoms with Crippen molar-refractivity contribution in [3.63, 3.8) is 0 Å². The van der Waals surface area contributed by atoms with E-state index in [4.69, 9.17) is 0 Å². The standard InChI is InChI=1S/C64H64N2/c1-41(2)35-45-19-21-47-23-25-51(37-43(5)6)63(57(47)39-45)65(53-15-11-9-12-16-53)59-33-29-49-28-32-56-60(34-30-50-27-31-55(59)61(49)62(50)56)66(54-17-13-10-14-18-54)64-52(38-44(7)8)26-24-48-22-20-46(36-42(3)4)40-58(48)64/h9-34,39-44H,35-38H2,1-8H3. The van der Waals surface area contributed by atoms with Crippen molar-refractivity contribution in [1.29, 1.82) is 0 Å². The molecule has 2 nitrogen and oxygen atoms in total. The third kappa shape index (κ3) is 8.17. The normalized spacial score (nSPS) is 12.1. The highest BCUT2D eigenvalue weighted by molar-refractivity contribution is 6.28. The molecule has 0 N–H and O–H groups in total. The van der Waals surface area contributed by atoms with Gasteiger partial charge in [-0.2, -0.15) is 0 Å². The summed E-state index contributed by atoms with van der Waals surface area (Å²) in [5.41, 5.74) is 12.8. The van der Waals surface area contributed by atoms with E-state index in [9.17, 15) is 0 Å². The van der Waals surface area contributed by atoms with Crippen molar-refractivity contribution in [3.8, 4) is 0 Å². The van der Waals surface area contributed by atoms with E-state index in [1.165, 1.54) is 110 Å². The smallest absolute Gasteiger partial charge is 0.0572 e. The third-order valence-corrected chi connectivity index (χ3v) is 13.4. The molecule has 0 heterocycles. The van der Waals surface area contributed by atoms with Crippen LogP contribution < -0.4 is 9.80 Å². The number of para-hydroxylation sites is 2. The molecule has 10 aromatic carbocycles. The highest BCUT2D eigenvalue weighted by atomic mass is 15.2. The lowest BCUT2D eigenvalue weighted by Gasteiger charge is -2.32. The molecule has 0 saturated carbocycles. The molecule has 0 radical (unpaired) electrons. The third-order valence-electron chi connectivity index (χ3n) is 13.4. The van der Waals surface area contributed by atoms with Gasteiger partial charge in [0, 0.05) is 32.9 Å². The minimum atomic E-state index is 0.495. The Morgan fingerprint density at radius 1 is 0.318 bits per heavy atom. The van der Waals surface area contributed by atoms with Crippen LogP contribution in [0.3, 0.4) is 0 Å². The van der Waals surface area contributed by atoms with Gasteiger partial charge in [0.15, 0.2) is 0 Å². The van der Waals surface area contributed by atoms with Crippen molar-refractivity contribution in [2.45, 2.75) is 81.1 Å². The number of anilines is 6. The first-order valence-electron chi connectivity index (χ1n) is 24.5. The van der Waals surface area contributed by atoms with Gasteiger partial charge in [-0.25, -0.2) is 0 Å². The van der Waals surface area contributed by atoms with Crippen LogP contribution in [0, 0.1) is 23.7 Å². The number of hydrogen-bond donors (Lipinski definition) is 0. The van der Waals surface area contributed by atoms with Gasteiger partial charge in [0.1, 0.15) is 0 Å². The molecular formula is C64H64N2. The summed E-state index contributed by atoms with van der Waals surface area (Å²) in [6.45, 7) is 18.7. The first-order valence-corrected chi connectivity index (χ1v) is 24.5. The van der Waals surface area contributed by atoms with Crippen LogP contribution in [0.2, 0.25) is 0 Å². The molecular weight excluding hydrogens is 797 g/mol. The average Bonchev–Trinajstić information content (AvgIpc) is 3.30. The fourth-order valence-electron chi connectivity index (χ4n) is 10.8. The summed E-state index contributed by atoms with van der Waals surface area (Å²) in [5, 5.41) is 12.8. The van der Waals surface area contributed by atoms with Gasteiger partial charge in [0.25, 0.3) is 0 Å². The molecule has 0 aliphatic heterocycles. The Balaban J connectivity index is 1.27. The van der Waals surface area contributed by atoms with Crippen LogP contribution in [0.5, 0.6) is 0 Å². The van der Waals surface area contributed by atoms with E-state index in [1.807, 2.05) is 0 Å². The predicted molar refractivity (Wildman–Crippen MR) is 289 cm³/mol. The quantitative estimate of drug-likeness (QED) is 0.101. The number of fused-ring (bicyclic) bond motifs is 2. The number of rotatable bonds is 14. The molecule has 10 rings (SSSR count). The maximum absolute atomic E-state index is 2.59. The van der Waals surface area contributed by atoms with Crippen molar-refractivity contribution in [2.75, 3.05) is 9.80 Å². The van der Waals surface area contributed by atoms with E-state index in [-0.39, 0.29) is 0 Å². The predicted octanol–water partition coefficient (Wildman–Crippen LogP) is 18.6. The Bertz CT molecular complexity index is 3090. The van der Waals surface area contributed by atoms with Gasteiger partial charge in [-0.05, 0) is 152 Å². The van der Waals surface area contributed by atoms with Gasteiger partial charge in [-0.3, -0.25) is 0 Å². The lowest BCUT2D eigenvalue weighted by molar-refractivity contribution is 0.646. The highest BCUT2D eigenvalue weighted by Gasteiger charge is 2.26. The summed E-state index contributed by atoms with van der Waals surface area (Å²) < 4.78 is 0. The van der Waals surface area contributed by atoms with E-state index < -0.39 is 0 Å². The van der Waals surface area contributed by atoms with Gasteiger partial charge >= 0.3 is 0 Å². The first-order chi connectivity index (χ1) is 32.0. The molecule has 0 aromatic heterocycles. The van der Waals surface area contributed by atoms with Crippen LogP contribution in [0.25, 0.3) is 53.9 Å². The summed E-state index contributed by atoms with van der Waals surface area (Å²) in [6.07, 6.45) is 4.07. The van der Waals surface area contributed by atoms with Crippen molar-refractivity contribution in [2.24, 2.45) is 23.7 Å². The lowest BCUT2D eigenvalue weighted by Crippen LogP contribution is -2.15. The van der Waals surface area contributed by atoms with E-state index >= 15 is 0 Å². The Morgan fingerprint density at radius 2 is 0.667 bits per heavy atom. The zero-order chi connectivity index (χ0) is 45.6. The van der Waals surface area contributed by atoms with Gasteiger partial charge in [0.05, 0.1) is 22.7 Å². The van der Waals surface area contributed by atoms with Crippen LogP contribution >= 0.6 is 0 Å². The largest absolute Gasteiger partial charge is 0.309 e. The van der Waals surface area contributed by atoms with Gasteiger partial charge in [0.2, 0.25) is 0 Å². The van der Waals surface area contributed by atoms with Crippen LogP contribution in [0.15, 0.2) is 170 Å². The van der Waals surface area contributed by atoms with Crippen LogP contribution in [0.1, 0.15) is 77.6 Å². The van der Waals surface area contributed by atoms with E-state index in [1.54, 1.807) is 0 Å². The Labute approximate surface area is 392 Å². The van der Waals surface area contributed by atoms with E-state index in [0.29, 0.717) is 23.7 Å². The zero-order valence-electron chi connectivity index (χ0n) is 40.2. The maximum Gasteiger partial charge on any atom is 0.0572 e. The van der Waals surface area contributed by atoms with Crippen molar-refractivity contribution in [1.82, 2.24) is 0 Å². The maximum atomic E-state index is 2.59. The molecule has 0 atom stereocenters. The van der Waals surface area contributed by atoms with Crippen LogP contribution in [0.4, 0.5) is 34.1 Å². The van der Waals surface area contributed by atoms with Gasteiger partial charge in [-0.1, -0.05) is 177 Å². The van der Waals surface area contributed by atoms with Crippen molar-refractivity contribution >= 4 is 88.0 Å². The zero-order valence-corrected chi connectivity index (χ0v) is 40.2. The van der Waals surface area contributed by atoms with Crippen molar-refractivity contribution < 1.29 is 0 Å². The second-order valence-electron chi connectivity index (χ2n) is 20.6. The van der Waals surface area contributed by atoms with Gasteiger partial charge < -0.3 is 9.80 Å². The van der Waals surface area contributed by atoms with E-state index in [2.05, 4.69) is 235 Å². The van der Waals surface area contributed by atoms with Crippen LogP contribution in [-0.2, 0) is 25.7 Å². The molecule has 0 unspecified atom stereocenters. The van der Waals surface area contributed by atoms with Crippen LogP contribution in [-0.4, -0.2) is 0 Å². The summed E-state index contributed by atoms with van der Waals surface area (Å²) in [4.78, 5) is 5.18. The Morgan fingerprint density at radius 3 is 1.05 bits per heavy atom. The monoisotopic (exact) mass is 861 g/mol. The molecule has 0 saturated heterocycles. The molecule has 330 valence electrons. The average molecular weight is 861 g/mol. The minimum Gasteiger partial charge on any atom is -0.309 e. The fourth-order valence-corrected chi connectivity index (χ4v) is 10.8. The molecule has 2 heteroatoms. The Kier molecular flexibility index (Phi) is 11.8. The van der Waals surface area contributed by atoms with E-state index in [0.717, 1.165) is 25.7 Å². The molecule has 10 aromatic rings. The Hall–Kier alpha value is -6.64. The molecule has 0 bridgehead atoms. The number of benzene rings is 10. The summed E-state index contributed by atoms with van der Waals surface area (Å²) in [7, 11) is 0. The number of nitrogens with zero attached hydrogens (tertiary/aromatic N) is 2. The molecule has 0 spiro atoms. The molecule has 0 aliphatic carbocycles. The van der Waals surface area contributed by atoms with Gasteiger partial charge in [-0.15, -0.1) is 0 Å². The molecule has 0 amide bonds. The van der Waals surface area contributed by atoms with Crippen molar-refractivity contribution in [3.05, 3.63) is 192 Å². The fraction of sp³-hybridized carbons (Fsp3) is 0.250. The SMILES string of the molecule is CC(C)Cc1ccc2ccc(CC(C)C)c(N(c3ccccc3)c3ccc4ccc5c(N(c6ccccc6)c6c(CC(C)C)ccc7ccc(CC(C)C)cc67)ccc6ccc3c4c65)c2c1. The molecule has 0 fully saturated rings. The summed E-state index contributed by atoms with van der Waals surface area (Å²) in [6, 6.07) is 65.0. The topological polar surface area (TPSA) is 6.48 Å². The number of hydrogen-bond acceptors (Lipinski definition) is 2. The molecule has 0 aliphatic rings. The summed E-state index contributed by atoms with van der Waals surface area (Å²) in [5.74, 6) is 2.13.